The Morgan fingerprint density at radius 2 is 1.81 bits per heavy atom. The molecule has 3 aromatic carbocycles. The van der Waals surface area contributed by atoms with E-state index in [2.05, 4.69) is 40.6 Å². The van der Waals surface area contributed by atoms with Gasteiger partial charge in [-0.3, -0.25) is 9.88 Å². The van der Waals surface area contributed by atoms with E-state index >= 15 is 0 Å². The zero-order valence-electron chi connectivity index (χ0n) is 36.5. The third-order valence-corrected chi connectivity index (χ3v) is 13.1. The molecule has 0 bridgehead atoms. The van der Waals surface area contributed by atoms with Gasteiger partial charge in [0, 0.05) is 75.8 Å². The van der Waals surface area contributed by atoms with Crippen LogP contribution in [-0.2, 0) is 17.8 Å². The lowest BCUT2D eigenvalue weighted by Crippen LogP contribution is -2.45. The Morgan fingerprint density at radius 3 is 2.60 bits per heavy atom. The summed E-state index contributed by atoms with van der Waals surface area (Å²) in [5, 5.41) is 11.8. The van der Waals surface area contributed by atoms with E-state index < -0.39 is 12.1 Å². The Hall–Kier alpha value is -5.54. The number of hydrogen-bond donors (Lipinski definition) is 1. The molecule has 5 heterocycles. The maximum atomic E-state index is 13.1. The van der Waals surface area contributed by atoms with Gasteiger partial charge in [-0.15, -0.1) is 0 Å². The second-order valence-corrected chi connectivity index (χ2v) is 18.2. The molecular formula is C48H54ClN7O6S. The number of aromatic nitrogens is 4. The molecule has 2 saturated heterocycles. The van der Waals surface area contributed by atoms with Crippen molar-refractivity contribution in [1.29, 1.82) is 0 Å². The Balaban J connectivity index is 1.08. The van der Waals surface area contributed by atoms with E-state index in [1.54, 1.807) is 19.5 Å². The molecule has 15 heteroatoms. The molecule has 0 aliphatic carbocycles. The number of benzene rings is 3. The first-order chi connectivity index (χ1) is 30.5. The molecule has 8 rings (SSSR count). The van der Waals surface area contributed by atoms with Gasteiger partial charge in [0.15, 0.2) is 0 Å². The monoisotopic (exact) mass is 891 g/mol. The van der Waals surface area contributed by atoms with Crippen LogP contribution in [-0.4, -0.2) is 113 Å². The fourth-order valence-electron chi connectivity index (χ4n) is 8.33. The quantitative estimate of drug-likeness (QED) is 0.0994. The second kappa shape index (κ2) is 19.5. The predicted molar refractivity (Wildman–Crippen MR) is 248 cm³/mol. The van der Waals surface area contributed by atoms with Crippen LogP contribution in [0.4, 0.5) is 5.95 Å². The first-order valence-electron chi connectivity index (χ1n) is 21.4. The van der Waals surface area contributed by atoms with E-state index in [9.17, 15) is 9.90 Å². The van der Waals surface area contributed by atoms with Crippen molar-refractivity contribution in [2.45, 2.75) is 52.7 Å². The van der Waals surface area contributed by atoms with Gasteiger partial charge in [-0.25, -0.2) is 14.8 Å². The summed E-state index contributed by atoms with van der Waals surface area (Å²) >= 11 is 8.31. The maximum absolute atomic E-state index is 13.1. The number of carboxylic acid groups (broad SMARTS) is 1. The molecule has 63 heavy (non-hydrogen) atoms. The number of aliphatic carboxylic acids is 1. The summed E-state index contributed by atoms with van der Waals surface area (Å²) in [5.41, 5.74) is 5.29. The van der Waals surface area contributed by atoms with Crippen molar-refractivity contribution in [1.82, 2.24) is 29.1 Å². The van der Waals surface area contributed by atoms with Crippen molar-refractivity contribution in [2.75, 3.05) is 71.5 Å². The number of piperazine rings is 1. The molecule has 1 atom stereocenters. The number of rotatable bonds is 16. The van der Waals surface area contributed by atoms with Crippen LogP contribution in [0, 0.1) is 12.3 Å². The van der Waals surface area contributed by atoms with Gasteiger partial charge >= 0.3 is 5.97 Å². The summed E-state index contributed by atoms with van der Waals surface area (Å²) in [7, 11) is 3.76. The fraction of sp³-hybridized carbons (Fsp3) is 0.396. The van der Waals surface area contributed by atoms with E-state index in [-0.39, 0.29) is 24.3 Å². The highest BCUT2D eigenvalue weighted by molar-refractivity contribution is 7.13. The van der Waals surface area contributed by atoms with Crippen molar-refractivity contribution in [3.8, 4) is 45.5 Å². The molecule has 1 unspecified atom stereocenters. The van der Waals surface area contributed by atoms with Crippen LogP contribution >= 0.6 is 23.1 Å². The number of fused-ring (bicyclic) bond motifs is 1. The SMILES string of the molecule is COc1cccc(-c2ncc3snc(OC(Cc4ccccc4OCc4ccnc(N5CCCC(C)(C)C5)n4)C(=O)O)c3c2-c2ccc(OCCN3CCN(C)CC3)c(Cl)c2C)c1. The van der Waals surface area contributed by atoms with Crippen LogP contribution in [0.15, 0.2) is 79.1 Å². The van der Waals surface area contributed by atoms with Crippen molar-refractivity contribution < 1.29 is 28.8 Å². The van der Waals surface area contributed by atoms with Crippen molar-refractivity contribution >= 4 is 45.1 Å². The lowest BCUT2D eigenvalue weighted by atomic mass is 9.84. The number of anilines is 1. The first-order valence-corrected chi connectivity index (χ1v) is 22.5. The summed E-state index contributed by atoms with van der Waals surface area (Å²) in [5.74, 6) is 1.52. The zero-order chi connectivity index (χ0) is 44.1. The van der Waals surface area contributed by atoms with E-state index in [0.717, 1.165) is 79.3 Å². The van der Waals surface area contributed by atoms with Crippen LogP contribution in [0.1, 0.15) is 43.5 Å². The number of carbonyl (C=O) groups is 1. The largest absolute Gasteiger partial charge is 0.497 e. The molecule has 0 radical (unpaired) electrons. The number of pyridine rings is 1. The average Bonchev–Trinajstić information content (AvgIpc) is 3.70. The smallest absolute Gasteiger partial charge is 0.345 e. The highest BCUT2D eigenvalue weighted by Crippen LogP contribution is 2.46. The third kappa shape index (κ3) is 10.3. The number of likely N-dealkylation sites (N-methyl/N-ethyl adjacent to an activating group) is 1. The summed E-state index contributed by atoms with van der Waals surface area (Å²) in [6, 6.07) is 20.8. The number of halogens is 1. The molecule has 1 N–H and O–H groups in total. The number of methoxy groups -OCH3 is 1. The molecule has 2 aliphatic heterocycles. The maximum Gasteiger partial charge on any atom is 0.345 e. The highest BCUT2D eigenvalue weighted by Gasteiger charge is 2.30. The van der Waals surface area contributed by atoms with Crippen molar-refractivity contribution in [2.24, 2.45) is 5.41 Å². The van der Waals surface area contributed by atoms with Gasteiger partial charge in [0.25, 0.3) is 0 Å². The molecular weight excluding hydrogens is 838 g/mol. The van der Waals surface area contributed by atoms with Crippen LogP contribution in [0.3, 0.4) is 0 Å². The lowest BCUT2D eigenvalue weighted by molar-refractivity contribution is -0.145. The van der Waals surface area contributed by atoms with Gasteiger partial charge in [0.1, 0.15) is 30.5 Å². The number of para-hydroxylation sites is 1. The second-order valence-electron chi connectivity index (χ2n) is 17.1. The van der Waals surface area contributed by atoms with Crippen LogP contribution in [0.5, 0.6) is 23.1 Å². The van der Waals surface area contributed by atoms with E-state index in [1.165, 1.54) is 18.0 Å². The first kappa shape index (κ1) is 44.1. The zero-order valence-corrected chi connectivity index (χ0v) is 38.0. The molecule has 13 nitrogen and oxygen atoms in total. The van der Waals surface area contributed by atoms with E-state index in [4.69, 9.17) is 44.9 Å². The third-order valence-electron chi connectivity index (χ3n) is 11.9. The molecule has 0 amide bonds. The number of carboxylic acids is 1. The Morgan fingerprint density at radius 1 is 0.984 bits per heavy atom. The Bertz CT molecular complexity index is 2560. The van der Waals surface area contributed by atoms with Crippen LogP contribution in [0.2, 0.25) is 5.02 Å². The summed E-state index contributed by atoms with van der Waals surface area (Å²) in [4.78, 5) is 34.4. The van der Waals surface area contributed by atoms with Gasteiger partial charge in [-0.05, 0) is 90.8 Å². The number of ether oxygens (including phenoxy) is 4. The minimum absolute atomic E-state index is 0.0105. The summed E-state index contributed by atoms with van der Waals surface area (Å²) in [6.45, 7) is 13.8. The molecule has 0 saturated carbocycles. The molecule has 2 aliphatic rings. The minimum Gasteiger partial charge on any atom is -0.497 e. The molecule has 2 fully saturated rings. The standard InChI is InChI=1S/C48H54ClN7O6S/c1-31-36(14-15-38(43(31)49)60-25-24-55-22-20-54(4)21-23-55)41-42-40(28-51-44(41)33-11-8-12-35(26-33)59-5)63-53-45(42)62-39(46(57)58)27-32-10-6-7-13-37(32)61-29-34-16-18-50-47(52-34)56-19-9-17-48(2,3)30-56/h6-8,10-16,18,26,28,39H,9,17,19-25,27,29-30H2,1-5H3,(H,57,58). The number of hydrogen-bond acceptors (Lipinski definition) is 13. The molecule has 0 spiro atoms. The van der Waals surface area contributed by atoms with Gasteiger partial charge in [0.05, 0.1) is 33.6 Å². The number of piperidine rings is 1. The Labute approximate surface area is 377 Å². The minimum atomic E-state index is -1.31. The predicted octanol–water partition coefficient (Wildman–Crippen LogP) is 8.69. The normalized spacial score (nSPS) is 16.2. The Kier molecular flexibility index (Phi) is 13.6. The summed E-state index contributed by atoms with van der Waals surface area (Å²) < 4.78 is 30.1. The highest BCUT2D eigenvalue weighted by atomic mass is 35.5. The topological polar surface area (TPSA) is 136 Å². The average molecular weight is 893 g/mol. The van der Waals surface area contributed by atoms with Gasteiger partial charge in [-0.2, -0.15) is 4.37 Å². The molecule has 330 valence electrons. The fourth-order valence-corrected chi connectivity index (χ4v) is 9.25. The molecule has 6 aromatic rings. The van der Waals surface area contributed by atoms with Gasteiger partial charge < -0.3 is 33.9 Å². The summed E-state index contributed by atoms with van der Waals surface area (Å²) in [6.07, 6.45) is 4.46. The van der Waals surface area contributed by atoms with Crippen molar-refractivity contribution in [3.63, 3.8) is 0 Å². The van der Waals surface area contributed by atoms with E-state index in [1.807, 2.05) is 73.7 Å². The van der Waals surface area contributed by atoms with Crippen molar-refractivity contribution in [3.05, 3.63) is 101 Å². The van der Waals surface area contributed by atoms with Gasteiger partial charge in [-0.1, -0.05) is 61.8 Å². The van der Waals surface area contributed by atoms with Crippen LogP contribution in [0.25, 0.3) is 32.5 Å². The van der Waals surface area contributed by atoms with Crippen LogP contribution < -0.4 is 23.8 Å². The van der Waals surface area contributed by atoms with E-state index in [0.29, 0.717) is 57.0 Å². The number of nitrogens with zero attached hydrogens (tertiary/aromatic N) is 7. The van der Waals surface area contributed by atoms with Gasteiger partial charge in [0.2, 0.25) is 17.9 Å². The molecule has 3 aromatic heterocycles. The lowest BCUT2D eigenvalue weighted by Gasteiger charge is -2.38.